The molecule has 126 valence electrons. The molecule has 0 amide bonds. The van der Waals surface area contributed by atoms with Gasteiger partial charge < -0.3 is 8.85 Å². The van der Waals surface area contributed by atoms with Crippen LogP contribution in [0.4, 0.5) is 0 Å². The van der Waals surface area contributed by atoms with Gasteiger partial charge in [0, 0.05) is 5.57 Å². The fourth-order valence-corrected chi connectivity index (χ4v) is 11.6. The molecule has 1 aromatic rings. The Morgan fingerprint density at radius 1 is 1.30 bits per heavy atom. The maximum Gasteiger partial charge on any atom is 0.319 e. The van der Waals surface area contributed by atoms with Crippen LogP contribution in [0.1, 0.15) is 32.3 Å². The molecule has 0 aromatic heterocycles. The zero-order chi connectivity index (χ0) is 17.3. The Morgan fingerprint density at radius 3 is 2.43 bits per heavy atom. The minimum atomic E-state index is -2.22. The van der Waals surface area contributed by atoms with Gasteiger partial charge in [0.1, 0.15) is 0 Å². The van der Waals surface area contributed by atoms with Crippen molar-refractivity contribution in [1.29, 1.82) is 0 Å². The monoisotopic (exact) mass is 348 g/mol. The van der Waals surface area contributed by atoms with Crippen LogP contribution in [0.5, 0.6) is 0 Å². The summed E-state index contributed by atoms with van der Waals surface area (Å²) in [7, 11) is -4.35. The Bertz CT molecular complexity index is 600. The summed E-state index contributed by atoms with van der Waals surface area (Å²) in [6.07, 6.45) is 1.52. The average molecular weight is 349 g/mol. The summed E-state index contributed by atoms with van der Waals surface area (Å²) in [4.78, 5) is 12.2. The van der Waals surface area contributed by atoms with Gasteiger partial charge in [-0.3, -0.25) is 0 Å². The van der Waals surface area contributed by atoms with E-state index in [4.69, 9.17) is 8.85 Å². The normalized spacial score (nSPS) is 29.8. The number of hydrogen-bond acceptors (Lipinski definition) is 3. The molecule has 0 saturated carbocycles. The van der Waals surface area contributed by atoms with Gasteiger partial charge in [0.25, 0.3) is 7.83 Å². The molecule has 1 aliphatic rings. The first-order valence-corrected chi connectivity index (χ1v) is 14.8. The third-order valence-electron chi connectivity index (χ3n) is 5.25. The minimum Gasteiger partial charge on any atom is -0.516 e. The lowest BCUT2D eigenvalue weighted by atomic mass is 9.93. The van der Waals surface area contributed by atoms with Gasteiger partial charge in [-0.15, -0.1) is 0 Å². The molecule has 1 fully saturated rings. The lowest BCUT2D eigenvalue weighted by Crippen LogP contribution is -2.67. The first kappa shape index (κ1) is 18.2. The quantitative estimate of drug-likeness (QED) is 0.585. The van der Waals surface area contributed by atoms with E-state index in [1.807, 2.05) is 13.0 Å². The van der Waals surface area contributed by atoms with Crippen LogP contribution in [0, 0.1) is 0 Å². The Kier molecular flexibility index (Phi) is 5.04. The highest BCUT2D eigenvalue weighted by Crippen LogP contribution is 2.44. The maximum absolute atomic E-state index is 12.2. The Hall–Kier alpha value is -1.18. The number of hydrogen-bond donors (Lipinski definition) is 0. The number of rotatable bonds is 4. The Morgan fingerprint density at radius 2 is 1.91 bits per heavy atom. The van der Waals surface area contributed by atoms with Gasteiger partial charge in [-0.1, -0.05) is 43.8 Å². The summed E-state index contributed by atoms with van der Waals surface area (Å²) in [5.41, 5.74) is 1.48. The molecule has 2 unspecified atom stereocenters. The molecule has 23 heavy (non-hydrogen) atoms. The smallest absolute Gasteiger partial charge is 0.319 e. The van der Waals surface area contributed by atoms with Crippen LogP contribution in [0.3, 0.4) is 0 Å². The molecule has 2 rings (SSSR count). The van der Waals surface area contributed by atoms with Crippen molar-refractivity contribution in [2.75, 3.05) is 0 Å². The third-order valence-corrected chi connectivity index (χ3v) is 19.6. The molecule has 0 bridgehead atoms. The van der Waals surface area contributed by atoms with Crippen molar-refractivity contribution < 1.29 is 13.6 Å². The van der Waals surface area contributed by atoms with Crippen molar-refractivity contribution in [3.63, 3.8) is 0 Å². The van der Waals surface area contributed by atoms with E-state index in [0.29, 0.717) is 12.0 Å². The van der Waals surface area contributed by atoms with Crippen molar-refractivity contribution in [3.8, 4) is 0 Å². The number of carbonyl (C=O) groups is 1. The first-order chi connectivity index (χ1) is 10.6. The van der Waals surface area contributed by atoms with Crippen molar-refractivity contribution >= 4 is 21.6 Å². The van der Waals surface area contributed by atoms with E-state index < -0.39 is 15.7 Å². The zero-order valence-corrected chi connectivity index (χ0v) is 16.9. The summed E-state index contributed by atoms with van der Waals surface area (Å²) < 4.78 is 12.7. The summed E-state index contributed by atoms with van der Waals surface area (Å²) in [5, 5.41) is 0. The third kappa shape index (κ3) is 3.51. The predicted molar refractivity (Wildman–Crippen MR) is 98.9 cm³/mol. The molecule has 0 aliphatic carbocycles. The molecule has 1 saturated heterocycles. The molecule has 2 atom stereocenters. The number of carbonyl (C=O) groups excluding carboxylic acids is 1. The second kappa shape index (κ2) is 6.38. The lowest BCUT2D eigenvalue weighted by Gasteiger charge is -2.50. The Balaban J connectivity index is 2.23. The molecule has 0 radical (unpaired) electrons. The largest absolute Gasteiger partial charge is 0.516 e. The summed E-state index contributed by atoms with van der Waals surface area (Å²) in [5.74, 6) is -0.228. The van der Waals surface area contributed by atoms with Crippen LogP contribution >= 0.6 is 0 Å². The van der Waals surface area contributed by atoms with Crippen LogP contribution in [0.2, 0.25) is 25.7 Å². The predicted octanol–water partition coefficient (Wildman–Crippen LogP) is 4.69. The Labute approximate surface area is 141 Å². The molecular weight excluding hydrogens is 320 g/mol. The van der Waals surface area contributed by atoms with Crippen molar-refractivity contribution in [2.24, 2.45) is 0 Å². The number of benzene rings is 1. The van der Waals surface area contributed by atoms with Crippen LogP contribution < -0.4 is 0 Å². The van der Waals surface area contributed by atoms with Gasteiger partial charge in [0.2, 0.25) is 7.83 Å². The fourth-order valence-electron chi connectivity index (χ4n) is 3.09. The van der Waals surface area contributed by atoms with Gasteiger partial charge in [0.15, 0.2) is 0 Å². The van der Waals surface area contributed by atoms with E-state index in [1.54, 1.807) is 0 Å². The van der Waals surface area contributed by atoms with Crippen LogP contribution in [-0.2, 0) is 19.2 Å². The zero-order valence-electron chi connectivity index (χ0n) is 14.9. The lowest BCUT2D eigenvalue weighted by molar-refractivity contribution is -0.131. The van der Waals surface area contributed by atoms with Gasteiger partial charge >= 0.3 is 5.97 Å². The molecule has 5 heteroatoms. The highest BCUT2D eigenvalue weighted by molar-refractivity contribution is 7.36. The minimum absolute atomic E-state index is 0.228. The molecule has 1 heterocycles. The highest BCUT2D eigenvalue weighted by Gasteiger charge is 2.58. The molecular formula is C18H28O3Si2. The van der Waals surface area contributed by atoms with E-state index in [1.165, 1.54) is 5.56 Å². The standard InChI is InChI=1S/C18H28O3Si2/c1-7-15(2)17(19)20-23(6)14-13-18(3,21-22(23,4)5)16-11-9-8-10-12-16/h8-12H,2,7,13-14H2,1,3-6H3. The van der Waals surface area contributed by atoms with E-state index in [-0.39, 0.29) is 11.6 Å². The van der Waals surface area contributed by atoms with E-state index in [9.17, 15) is 4.79 Å². The first-order valence-electron chi connectivity index (χ1n) is 8.30. The molecule has 1 aromatic carbocycles. The van der Waals surface area contributed by atoms with Crippen molar-refractivity contribution in [2.45, 2.75) is 58.0 Å². The topological polar surface area (TPSA) is 35.5 Å². The summed E-state index contributed by atoms with van der Waals surface area (Å²) >= 11 is 0. The van der Waals surface area contributed by atoms with Gasteiger partial charge in [-0.25, -0.2) is 4.79 Å². The second-order valence-corrected chi connectivity index (χ2v) is 20.5. The average Bonchev–Trinajstić information content (AvgIpc) is 2.51. The fraction of sp³-hybridized carbons (Fsp3) is 0.500. The summed E-state index contributed by atoms with van der Waals surface area (Å²) in [6.45, 7) is 14.5. The highest BCUT2D eigenvalue weighted by atomic mass is 29.3. The van der Waals surface area contributed by atoms with E-state index in [2.05, 4.69) is 57.4 Å². The van der Waals surface area contributed by atoms with Gasteiger partial charge in [-0.2, -0.15) is 0 Å². The van der Waals surface area contributed by atoms with Crippen molar-refractivity contribution in [3.05, 3.63) is 48.0 Å². The van der Waals surface area contributed by atoms with Crippen LogP contribution in [0.15, 0.2) is 42.5 Å². The second-order valence-electron chi connectivity index (χ2n) is 7.29. The van der Waals surface area contributed by atoms with E-state index >= 15 is 0 Å². The molecule has 1 aliphatic heterocycles. The molecule has 0 N–H and O–H groups in total. The maximum atomic E-state index is 12.2. The van der Waals surface area contributed by atoms with Crippen molar-refractivity contribution in [1.82, 2.24) is 0 Å². The van der Waals surface area contributed by atoms with Crippen LogP contribution in [-0.4, -0.2) is 21.6 Å². The molecule has 3 nitrogen and oxygen atoms in total. The van der Waals surface area contributed by atoms with Crippen LogP contribution in [0.25, 0.3) is 0 Å². The van der Waals surface area contributed by atoms with Gasteiger partial charge in [-0.05, 0) is 51.0 Å². The SMILES string of the molecule is C=C(CC)C(=O)O[Si]1(C)CCC(C)(c2ccccc2)O[Si]1(C)C. The molecule has 0 spiro atoms. The van der Waals surface area contributed by atoms with E-state index in [0.717, 1.165) is 12.5 Å². The van der Waals surface area contributed by atoms with Gasteiger partial charge in [0.05, 0.1) is 5.60 Å². The summed E-state index contributed by atoms with van der Waals surface area (Å²) in [6, 6.07) is 11.3.